The first-order valence-corrected chi connectivity index (χ1v) is 8.91. The highest BCUT2D eigenvalue weighted by Gasteiger charge is 2.23. The van der Waals surface area contributed by atoms with E-state index >= 15 is 0 Å². The molecule has 0 bridgehead atoms. The van der Waals surface area contributed by atoms with Crippen molar-refractivity contribution in [3.05, 3.63) is 47.5 Å². The predicted molar refractivity (Wildman–Crippen MR) is 96.8 cm³/mol. The summed E-state index contributed by atoms with van der Waals surface area (Å²) < 4.78 is 0. The molecule has 1 heterocycles. The summed E-state index contributed by atoms with van der Waals surface area (Å²) in [5.41, 5.74) is 2.52. The highest BCUT2D eigenvalue weighted by Crippen LogP contribution is 2.48. The summed E-state index contributed by atoms with van der Waals surface area (Å²) in [6.45, 7) is 5.41. The third-order valence-electron chi connectivity index (χ3n) is 4.05. The van der Waals surface area contributed by atoms with Gasteiger partial charge in [-0.25, -0.2) is 0 Å². The molecule has 0 aliphatic carbocycles. The van der Waals surface area contributed by atoms with Crippen molar-refractivity contribution in [3.63, 3.8) is 0 Å². The Hall–Kier alpha value is -1.16. The second-order valence-corrected chi connectivity index (χ2v) is 7.10. The number of para-hydroxylation sites is 1. The molecule has 1 aliphatic heterocycles. The number of benzene rings is 2. The van der Waals surface area contributed by atoms with E-state index in [1.165, 1.54) is 21.2 Å². The van der Waals surface area contributed by atoms with E-state index in [2.05, 4.69) is 60.2 Å². The zero-order valence-electron chi connectivity index (χ0n) is 13.1. The molecule has 0 saturated heterocycles. The first kappa shape index (κ1) is 15.7. The fraction of sp³-hybridized carbons (Fsp3) is 0.333. The smallest absolute Gasteiger partial charge is 0.0567 e. The first-order chi connectivity index (χ1) is 10.7. The maximum Gasteiger partial charge on any atom is 0.0567 e. The molecule has 4 heteroatoms. The average Bonchev–Trinajstić information content (AvgIpc) is 2.54. The van der Waals surface area contributed by atoms with E-state index in [1.807, 2.05) is 17.8 Å². The minimum Gasteiger partial charge on any atom is -0.340 e. The number of fused-ring (bicyclic) bond motifs is 2. The number of halogens is 1. The molecule has 0 fully saturated rings. The molecular formula is C18H21ClN2S. The Morgan fingerprint density at radius 2 is 1.86 bits per heavy atom. The Bertz CT molecular complexity index is 659. The summed E-state index contributed by atoms with van der Waals surface area (Å²) in [7, 11) is 2.17. The van der Waals surface area contributed by atoms with E-state index in [0.717, 1.165) is 31.1 Å². The Morgan fingerprint density at radius 3 is 2.68 bits per heavy atom. The molecule has 0 spiro atoms. The van der Waals surface area contributed by atoms with Gasteiger partial charge in [0.15, 0.2) is 0 Å². The first-order valence-electron chi connectivity index (χ1n) is 7.71. The van der Waals surface area contributed by atoms with Gasteiger partial charge in [-0.15, -0.1) is 0 Å². The number of rotatable bonds is 5. The van der Waals surface area contributed by atoms with Crippen LogP contribution in [0.15, 0.2) is 52.3 Å². The summed E-state index contributed by atoms with van der Waals surface area (Å²) in [6.07, 6.45) is 1.13. The summed E-state index contributed by atoms with van der Waals surface area (Å²) in [5.74, 6) is 0. The lowest BCUT2D eigenvalue weighted by Crippen LogP contribution is -2.26. The molecule has 0 radical (unpaired) electrons. The van der Waals surface area contributed by atoms with Crippen molar-refractivity contribution >= 4 is 34.7 Å². The molecule has 0 amide bonds. The van der Waals surface area contributed by atoms with E-state index in [9.17, 15) is 0 Å². The summed E-state index contributed by atoms with van der Waals surface area (Å²) in [6, 6.07) is 14.8. The van der Waals surface area contributed by atoms with Crippen molar-refractivity contribution in [1.82, 2.24) is 4.90 Å². The average molecular weight is 333 g/mol. The fourth-order valence-corrected chi connectivity index (χ4v) is 3.94. The van der Waals surface area contributed by atoms with Gasteiger partial charge in [-0.1, -0.05) is 42.4 Å². The molecule has 22 heavy (non-hydrogen) atoms. The lowest BCUT2D eigenvalue weighted by Gasteiger charge is -2.33. The van der Waals surface area contributed by atoms with Crippen LogP contribution >= 0.6 is 23.4 Å². The summed E-state index contributed by atoms with van der Waals surface area (Å²) >= 11 is 8.06. The molecular weight excluding hydrogens is 312 g/mol. The second-order valence-electron chi connectivity index (χ2n) is 5.58. The third-order valence-corrected chi connectivity index (χ3v) is 5.41. The van der Waals surface area contributed by atoms with Crippen LogP contribution in [0.1, 0.15) is 13.3 Å². The third kappa shape index (κ3) is 3.27. The Balaban J connectivity index is 1.88. The summed E-state index contributed by atoms with van der Waals surface area (Å²) in [4.78, 5) is 7.37. The van der Waals surface area contributed by atoms with Crippen LogP contribution in [-0.4, -0.2) is 31.6 Å². The molecule has 2 aromatic carbocycles. The molecule has 0 unspecified atom stereocenters. The molecule has 0 N–H and O–H groups in total. The van der Waals surface area contributed by atoms with Crippen molar-refractivity contribution in [2.75, 3.05) is 31.6 Å². The number of hydrogen-bond donors (Lipinski definition) is 0. The SMILES string of the molecule is CCN(C)CCCN1c2ccccc2Sc2ccc(Cl)cc21. The highest BCUT2D eigenvalue weighted by molar-refractivity contribution is 7.99. The Morgan fingerprint density at radius 1 is 1.09 bits per heavy atom. The van der Waals surface area contributed by atoms with Crippen LogP contribution in [0, 0.1) is 0 Å². The van der Waals surface area contributed by atoms with Crippen molar-refractivity contribution in [1.29, 1.82) is 0 Å². The molecule has 0 atom stereocenters. The second kappa shape index (κ2) is 6.95. The number of anilines is 2. The van der Waals surface area contributed by atoms with Crippen LogP contribution in [0.25, 0.3) is 0 Å². The zero-order valence-corrected chi connectivity index (χ0v) is 14.6. The van der Waals surface area contributed by atoms with Gasteiger partial charge in [0, 0.05) is 21.4 Å². The van der Waals surface area contributed by atoms with Crippen LogP contribution in [-0.2, 0) is 0 Å². The van der Waals surface area contributed by atoms with Crippen molar-refractivity contribution in [2.45, 2.75) is 23.1 Å². The van der Waals surface area contributed by atoms with Crippen LogP contribution < -0.4 is 4.90 Å². The number of hydrogen-bond acceptors (Lipinski definition) is 3. The van der Waals surface area contributed by atoms with Gasteiger partial charge in [0.2, 0.25) is 0 Å². The maximum atomic E-state index is 6.23. The van der Waals surface area contributed by atoms with E-state index in [1.54, 1.807) is 0 Å². The minimum absolute atomic E-state index is 0.800. The molecule has 1 aliphatic rings. The van der Waals surface area contributed by atoms with Gasteiger partial charge in [0.05, 0.1) is 11.4 Å². The summed E-state index contributed by atoms with van der Waals surface area (Å²) in [5, 5.41) is 0.800. The van der Waals surface area contributed by atoms with Gasteiger partial charge < -0.3 is 9.80 Å². The van der Waals surface area contributed by atoms with Crippen molar-refractivity contribution in [2.24, 2.45) is 0 Å². The molecule has 2 nitrogen and oxygen atoms in total. The quantitative estimate of drug-likeness (QED) is 0.735. The standard InChI is InChI=1S/C18H21ClN2S/c1-3-20(2)11-6-12-21-15-7-4-5-8-17(15)22-18-10-9-14(19)13-16(18)21/h4-5,7-10,13H,3,6,11-12H2,1-2H3. The molecule has 0 saturated carbocycles. The number of nitrogens with zero attached hydrogens (tertiary/aromatic N) is 2. The molecule has 3 rings (SSSR count). The van der Waals surface area contributed by atoms with Gasteiger partial charge in [0.25, 0.3) is 0 Å². The van der Waals surface area contributed by atoms with E-state index in [4.69, 9.17) is 11.6 Å². The fourth-order valence-electron chi connectivity index (χ4n) is 2.70. The van der Waals surface area contributed by atoms with Gasteiger partial charge in [-0.3, -0.25) is 0 Å². The van der Waals surface area contributed by atoms with Gasteiger partial charge in [-0.05, 0) is 56.9 Å². The van der Waals surface area contributed by atoms with E-state index in [0.29, 0.717) is 0 Å². The van der Waals surface area contributed by atoms with Crippen LogP contribution in [0.2, 0.25) is 5.02 Å². The molecule has 0 aromatic heterocycles. The van der Waals surface area contributed by atoms with Gasteiger partial charge in [-0.2, -0.15) is 0 Å². The highest BCUT2D eigenvalue weighted by atomic mass is 35.5. The molecule has 116 valence electrons. The maximum absolute atomic E-state index is 6.23. The minimum atomic E-state index is 0.800. The normalized spacial score (nSPS) is 13.2. The zero-order chi connectivity index (χ0) is 15.5. The van der Waals surface area contributed by atoms with Crippen LogP contribution in [0.3, 0.4) is 0 Å². The lowest BCUT2D eigenvalue weighted by atomic mass is 10.2. The van der Waals surface area contributed by atoms with Crippen LogP contribution in [0.4, 0.5) is 11.4 Å². The predicted octanol–water partition coefficient (Wildman–Crippen LogP) is 5.28. The van der Waals surface area contributed by atoms with Crippen molar-refractivity contribution < 1.29 is 0 Å². The Kier molecular flexibility index (Phi) is 4.97. The Labute approximate surface area is 142 Å². The largest absolute Gasteiger partial charge is 0.340 e. The van der Waals surface area contributed by atoms with Gasteiger partial charge >= 0.3 is 0 Å². The lowest BCUT2D eigenvalue weighted by molar-refractivity contribution is 0.349. The van der Waals surface area contributed by atoms with Crippen LogP contribution in [0.5, 0.6) is 0 Å². The monoisotopic (exact) mass is 332 g/mol. The topological polar surface area (TPSA) is 6.48 Å². The van der Waals surface area contributed by atoms with E-state index in [-0.39, 0.29) is 0 Å². The van der Waals surface area contributed by atoms with Crippen molar-refractivity contribution in [3.8, 4) is 0 Å². The van der Waals surface area contributed by atoms with Gasteiger partial charge in [0.1, 0.15) is 0 Å². The van der Waals surface area contributed by atoms with E-state index < -0.39 is 0 Å². The molecule has 2 aromatic rings.